The molecule has 0 bridgehead atoms. The van der Waals surface area contributed by atoms with Crippen LogP contribution in [0.1, 0.15) is 38.7 Å². The molecule has 1 aromatic carbocycles. The van der Waals surface area contributed by atoms with E-state index in [2.05, 4.69) is 5.32 Å². The Hall–Kier alpha value is -1.03. The van der Waals surface area contributed by atoms with E-state index in [1.807, 2.05) is 13.8 Å². The highest BCUT2D eigenvalue weighted by molar-refractivity contribution is 5.27. The van der Waals surface area contributed by atoms with E-state index in [1.165, 1.54) is 12.8 Å². The van der Waals surface area contributed by atoms with Gasteiger partial charge in [0.1, 0.15) is 5.82 Å². The summed E-state index contributed by atoms with van der Waals surface area (Å²) < 4.78 is 39.8. The molecule has 1 aliphatic rings. The number of halogens is 3. The summed E-state index contributed by atoms with van der Waals surface area (Å²) in [5, 5.41) is 3.34. The van der Waals surface area contributed by atoms with Crippen LogP contribution in [0.4, 0.5) is 13.2 Å². The van der Waals surface area contributed by atoms with Crippen LogP contribution in [-0.4, -0.2) is 12.6 Å². The monoisotopic (exact) mass is 257 g/mol. The van der Waals surface area contributed by atoms with Gasteiger partial charge < -0.3 is 5.32 Å². The second kappa shape index (κ2) is 4.92. The predicted octanol–water partition coefficient (Wildman–Crippen LogP) is 3.52. The topological polar surface area (TPSA) is 12.0 Å². The van der Waals surface area contributed by atoms with Gasteiger partial charge in [-0.1, -0.05) is 13.8 Å². The minimum absolute atomic E-state index is 0.235. The van der Waals surface area contributed by atoms with Gasteiger partial charge in [0.15, 0.2) is 11.6 Å². The molecule has 0 radical (unpaired) electrons. The van der Waals surface area contributed by atoms with Gasteiger partial charge in [0.2, 0.25) is 0 Å². The van der Waals surface area contributed by atoms with Crippen molar-refractivity contribution in [3.05, 3.63) is 35.1 Å². The molecule has 1 N–H and O–H groups in total. The molecule has 0 aromatic heterocycles. The lowest BCUT2D eigenvalue weighted by atomic mass is 9.81. The van der Waals surface area contributed by atoms with Crippen molar-refractivity contribution in [2.75, 3.05) is 6.54 Å². The molecule has 0 atom stereocenters. The van der Waals surface area contributed by atoms with E-state index in [0.29, 0.717) is 18.5 Å². The Kier molecular flexibility index (Phi) is 3.66. The quantitative estimate of drug-likeness (QED) is 0.796. The second-order valence-electron chi connectivity index (χ2n) is 5.61. The van der Waals surface area contributed by atoms with Crippen molar-refractivity contribution in [1.29, 1.82) is 0 Å². The minimum atomic E-state index is -1.14. The molecule has 1 saturated carbocycles. The average Bonchev–Trinajstić information content (AvgIpc) is 3.07. The van der Waals surface area contributed by atoms with E-state index in [9.17, 15) is 13.2 Å². The van der Waals surface area contributed by atoms with Crippen LogP contribution < -0.4 is 5.32 Å². The van der Waals surface area contributed by atoms with Crippen LogP contribution in [0, 0.1) is 17.5 Å². The summed E-state index contributed by atoms with van der Waals surface area (Å²) in [4.78, 5) is 0. The molecule has 0 spiro atoms. The normalized spacial score (nSPS) is 16.1. The van der Waals surface area contributed by atoms with Crippen molar-refractivity contribution in [3.63, 3.8) is 0 Å². The molecule has 1 fully saturated rings. The number of hydrogen-bond acceptors (Lipinski definition) is 1. The molecule has 0 amide bonds. The Morgan fingerprint density at radius 3 is 2.33 bits per heavy atom. The van der Waals surface area contributed by atoms with Crippen LogP contribution in [-0.2, 0) is 5.41 Å². The van der Waals surface area contributed by atoms with Gasteiger partial charge in [-0.15, -0.1) is 0 Å². The van der Waals surface area contributed by atoms with Gasteiger partial charge in [0.25, 0.3) is 0 Å². The Morgan fingerprint density at radius 2 is 1.72 bits per heavy atom. The summed E-state index contributed by atoms with van der Waals surface area (Å²) in [6.07, 6.45) is 3.07. The van der Waals surface area contributed by atoms with Crippen LogP contribution in [0.25, 0.3) is 0 Å². The van der Waals surface area contributed by atoms with Crippen molar-refractivity contribution >= 4 is 0 Å². The van der Waals surface area contributed by atoms with Gasteiger partial charge in [-0.3, -0.25) is 0 Å². The number of hydrogen-bond donors (Lipinski definition) is 1. The van der Waals surface area contributed by atoms with E-state index in [1.54, 1.807) is 0 Å². The van der Waals surface area contributed by atoms with Crippen molar-refractivity contribution < 1.29 is 13.2 Å². The zero-order chi connectivity index (χ0) is 13.3. The first kappa shape index (κ1) is 13.4. The highest BCUT2D eigenvalue weighted by Gasteiger charge is 2.27. The van der Waals surface area contributed by atoms with E-state index in [0.717, 1.165) is 12.6 Å². The molecule has 2 rings (SSSR count). The van der Waals surface area contributed by atoms with Crippen LogP contribution >= 0.6 is 0 Å². The van der Waals surface area contributed by atoms with Crippen LogP contribution in [0.2, 0.25) is 0 Å². The second-order valence-corrected chi connectivity index (χ2v) is 5.61. The molecule has 0 saturated heterocycles. The minimum Gasteiger partial charge on any atom is -0.314 e. The number of nitrogens with one attached hydrogen (secondary N) is 1. The molecule has 0 aliphatic heterocycles. The standard InChI is InChI=1S/C14H18F3N/c1-14(2,5-6-18-9-3-4-9)10-7-12(16)13(17)8-11(10)15/h7-9,18H,3-6H2,1-2H3. The van der Waals surface area contributed by atoms with Gasteiger partial charge in [-0.25, -0.2) is 13.2 Å². The maximum absolute atomic E-state index is 13.7. The third-order valence-corrected chi connectivity index (χ3v) is 3.50. The molecular weight excluding hydrogens is 239 g/mol. The van der Waals surface area contributed by atoms with E-state index in [-0.39, 0.29) is 5.56 Å². The summed E-state index contributed by atoms with van der Waals surface area (Å²) in [6, 6.07) is 2.19. The molecule has 0 heterocycles. The summed E-state index contributed by atoms with van der Waals surface area (Å²) in [5.41, 5.74) is -0.278. The average molecular weight is 257 g/mol. The van der Waals surface area contributed by atoms with E-state index < -0.39 is 22.9 Å². The summed E-state index contributed by atoms with van der Waals surface area (Å²) in [6.45, 7) is 4.45. The fourth-order valence-electron chi connectivity index (χ4n) is 2.05. The van der Waals surface area contributed by atoms with E-state index >= 15 is 0 Å². The molecule has 18 heavy (non-hydrogen) atoms. The molecule has 100 valence electrons. The summed E-state index contributed by atoms with van der Waals surface area (Å²) >= 11 is 0. The van der Waals surface area contributed by atoms with E-state index in [4.69, 9.17) is 0 Å². The van der Waals surface area contributed by atoms with Crippen molar-refractivity contribution in [2.45, 2.75) is 44.6 Å². The summed E-state index contributed by atoms with van der Waals surface area (Å²) in [5.74, 6) is -2.80. The van der Waals surface area contributed by atoms with Crippen LogP contribution in [0.3, 0.4) is 0 Å². The first-order chi connectivity index (χ1) is 8.40. The first-order valence-corrected chi connectivity index (χ1v) is 6.28. The van der Waals surface area contributed by atoms with Gasteiger partial charge in [0.05, 0.1) is 0 Å². The maximum Gasteiger partial charge on any atom is 0.161 e. The molecule has 4 heteroatoms. The molecule has 1 aliphatic carbocycles. The van der Waals surface area contributed by atoms with Crippen molar-refractivity contribution in [2.24, 2.45) is 0 Å². The summed E-state index contributed by atoms with van der Waals surface area (Å²) in [7, 11) is 0. The Bertz CT molecular complexity index is 439. The van der Waals surface area contributed by atoms with Gasteiger partial charge in [0, 0.05) is 12.1 Å². The highest BCUT2D eigenvalue weighted by atomic mass is 19.2. The van der Waals surface area contributed by atoms with Crippen LogP contribution in [0.5, 0.6) is 0 Å². The zero-order valence-corrected chi connectivity index (χ0v) is 10.7. The SMILES string of the molecule is CC(C)(CCNC1CC1)c1cc(F)c(F)cc1F. The molecule has 1 nitrogen and oxygen atoms in total. The lowest BCUT2D eigenvalue weighted by Gasteiger charge is -2.26. The van der Waals surface area contributed by atoms with Crippen molar-refractivity contribution in [1.82, 2.24) is 5.32 Å². The molecule has 1 aromatic rings. The smallest absolute Gasteiger partial charge is 0.161 e. The number of benzene rings is 1. The fraction of sp³-hybridized carbons (Fsp3) is 0.571. The third-order valence-electron chi connectivity index (χ3n) is 3.50. The molecular formula is C14H18F3N. The molecule has 0 unspecified atom stereocenters. The van der Waals surface area contributed by atoms with Gasteiger partial charge >= 0.3 is 0 Å². The highest BCUT2D eigenvalue weighted by Crippen LogP contribution is 2.30. The Balaban J connectivity index is 2.09. The van der Waals surface area contributed by atoms with Crippen LogP contribution in [0.15, 0.2) is 12.1 Å². The lowest BCUT2D eigenvalue weighted by molar-refractivity contribution is 0.420. The number of rotatable bonds is 5. The lowest BCUT2D eigenvalue weighted by Crippen LogP contribution is -2.27. The van der Waals surface area contributed by atoms with Crippen molar-refractivity contribution in [3.8, 4) is 0 Å². The Labute approximate surface area is 105 Å². The first-order valence-electron chi connectivity index (χ1n) is 6.28. The predicted molar refractivity (Wildman–Crippen MR) is 65.0 cm³/mol. The largest absolute Gasteiger partial charge is 0.314 e. The fourth-order valence-corrected chi connectivity index (χ4v) is 2.05. The maximum atomic E-state index is 13.7. The van der Waals surface area contributed by atoms with Gasteiger partial charge in [-0.05, 0) is 42.9 Å². The zero-order valence-electron chi connectivity index (χ0n) is 10.7. The third kappa shape index (κ3) is 3.05. The van der Waals surface area contributed by atoms with Gasteiger partial charge in [-0.2, -0.15) is 0 Å². The Morgan fingerprint density at radius 1 is 1.11 bits per heavy atom.